The van der Waals surface area contributed by atoms with E-state index in [0.717, 1.165) is 66.4 Å². The van der Waals surface area contributed by atoms with Crippen LogP contribution in [0.5, 0.6) is 0 Å². The fourth-order valence-electron chi connectivity index (χ4n) is 7.10. The molecule has 4 nitrogen and oxygen atoms in total. The van der Waals surface area contributed by atoms with Crippen LogP contribution < -0.4 is 4.90 Å². The van der Waals surface area contributed by atoms with Crippen molar-refractivity contribution >= 4 is 71.6 Å². The van der Waals surface area contributed by atoms with Crippen molar-refractivity contribution in [1.82, 2.24) is 4.98 Å². The second kappa shape index (κ2) is 11.0. The molecule has 0 spiro atoms. The second-order valence-electron chi connectivity index (χ2n) is 12.4. The summed E-state index contributed by atoms with van der Waals surface area (Å²) in [6.45, 7) is 0. The summed E-state index contributed by atoms with van der Waals surface area (Å²) in [6.07, 6.45) is 0. The van der Waals surface area contributed by atoms with E-state index >= 15 is 0 Å². The van der Waals surface area contributed by atoms with E-state index in [9.17, 15) is 0 Å². The lowest BCUT2D eigenvalue weighted by Crippen LogP contribution is -2.09. The number of fused-ring (bicyclic) bond motifs is 7. The number of rotatable bonds is 5. The number of anilines is 3. The van der Waals surface area contributed by atoms with Gasteiger partial charge in [0.15, 0.2) is 5.58 Å². The topological polar surface area (TPSA) is 42.4 Å². The first-order chi connectivity index (χ1) is 24.3. The van der Waals surface area contributed by atoms with Gasteiger partial charge in [0, 0.05) is 38.8 Å². The Labute approximate surface area is 282 Å². The summed E-state index contributed by atoms with van der Waals surface area (Å²) in [5.41, 5.74) is 9.67. The number of aromatic nitrogens is 1. The zero-order chi connectivity index (χ0) is 32.3. The Kier molecular flexibility index (Phi) is 6.15. The van der Waals surface area contributed by atoms with Crippen LogP contribution in [0, 0.1) is 0 Å². The SMILES string of the molecule is c1ccc(N(c2ccc(-c3ccc4ccccc4c3)cc2)c2ccc3oc4cccc(-c5nc6c(ccc7ccccc76)o5)c4c3c2)cc1. The van der Waals surface area contributed by atoms with Crippen molar-refractivity contribution in [2.75, 3.05) is 4.90 Å². The fraction of sp³-hybridized carbons (Fsp3) is 0. The highest BCUT2D eigenvalue weighted by molar-refractivity contribution is 6.13. The number of oxazole rings is 1. The summed E-state index contributed by atoms with van der Waals surface area (Å²) in [5, 5.41) is 6.68. The summed E-state index contributed by atoms with van der Waals surface area (Å²) < 4.78 is 12.8. The molecule has 2 aromatic heterocycles. The zero-order valence-electron chi connectivity index (χ0n) is 26.4. The van der Waals surface area contributed by atoms with Crippen LogP contribution in [0.25, 0.3) is 77.2 Å². The predicted molar refractivity (Wildman–Crippen MR) is 202 cm³/mol. The van der Waals surface area contributed by atoms with Crippen molar-refractivity contribution in [3.63, 3.8) is 0 Å². The third-order valence-electron chi connectivity index (χ3n) is 9.47. The average molecular weight is 629 g/mol. The molecule has 0 aliphatic heterocycles. The minimum atomic E-state index is 0.578. The molecule has 0 atom stereocenters. The number of benzene rings is 8. The molecule has 0 radical (unpaired) electrons. The van der Waals surface area contributed by atoms with E-state index in [-0.39, 0.29) is 0 Å². The Morgan fingerprint density at radius 1 is 0.408 bits per heavy atom. The standard InChI is InChI=1S/C45H28N2O2/c1-2-12-34(13-3-1)47(35-22-19-30(20-23-35)33-18-17-29-9-4-5-11-32(29)27-33)36-24-26-40-39(28-36)43-38(15-8-16-41(43)48-40)45-46-44-37-14-7-6-10-31(37)21-25-42(44)49-45/h1-28H. The van der Waals surface area contributed by atoms with Gasteiger partial charge in [-0.2, -0.15) is 0 Å². The highest BCUT2D eigenvalue weighted by Crippen LogP contribution is 2.42. The molecule has 10 rings (SSSR count). The normalized spacial score (nSPS) is 11.7. The lowest BCUT2D eigenvalue weighted by atomic mass is 10.0. The Hall–Kier alpha value is -6.65. The lowest BCUT2D eigenvalue weighted by Gasteiger charge is -2.25. The van der Waals surface area contributed by atoms with Gasteiger partial charge in [-0.3, -0.25) is 0 Å². The first-order valence-corrected chi connectivity index (χ1v) is 16.5. The van der Waals surface area contributed by atoms with Crippen LogP contribution in [0.2, 0.25) is 0 Å². The molecule has 0 aliphatic carbocycles. The predicted octanol–water partition coefficient (Wildman–Crippen LogP) is 12.8. The molecule has 0 aliphatic rings. The Morgan fingerprint density at radius 3 is 1.98 bits per heavy atom. The summed E-state index contributed by atoms with van der Waals surface area (Å²) in [7, 11) is 0. The van der Waals surface area contributed by atoms with Crippen LogP contribution in [0.1, 0.15) is 0 Å². The summed E-state index contributed by atoms with van der Waals surface area (Å²) in [5.74, 6) is 0.578. The van der Waals surface area contributed by atoms with Crippen molar-refractivity contribution < 1.29 is 8.83 Å². The van der Waals surface area contributed by atoms with Crippen LogP contribution in [0.3, 0.4) is 0 Å². The van der Waals surface area contributed by atoms with Crippen molar-refractivity contribution in [2.24, 2.45) is 0 Å². The van der Waals surface area contributed by atoms with E-state index in [2.05, 4.69) is 138 Å². The third-order valence-corrected chi connectivity index (χ3v) is 9.47. The highest BCUT2D eigenvalue weighted by atomic mass is 16.3. The molecule has 8 aromatic carbocycles. The largest absolute Gasteiger partial charge is 0.456 e. The average Bonchev–Trinajstić information content (AvgIpc) is 3.78. The van der Waals surface area contributed by atoms with Gasteiger partial charge >= 0.3 is 0 Å². The molecule has 230 valence electrons. The Balaban J connectivity index is 1.11. The molecule has 2 heterocycles. The third kappa shape index (κ3) is 4.57. The first-order valence-electron chi connectivity index (χ1n) is 16.5. The molecule has 0 unspecified atom stereocenters. The molecule has 49 heavy (non-hydrogen) atoms. The maximum Gasteiger partial charge on any atom is 0.228 e. The van der Waals surface area contributed by atoms with Gasteiger partial charge in [0.25, 0.3) is 0 Å². The number of para-hydroxylation sites is 1. The maximum atomic E-state index is 6.41. The minimum absolute atomic E-state index is 0.578. The Morgan fingerprint density at radius 2 is 1.10 bits per heavy atom. The van der Waals surface area contributed by atoms with Crippen LogP contribution in [0.4, 0.5) is 17.1 Å². The highest BCUT2D eigenvalue weighted by Gasteiger charge is 2.20. The maximum absolute atomic E-state index is 6.41. The van der Waals surface area contributed by atoms with E-state index in [1.807, 2.05) is 36.4 Å². The van der Waals surface area contributed by atoms with E-state index in [0.29, 0.717) is 5.89 Å². The molecule has 0 fully saturated rings. The van der Waals surface area contributed by atoms with Gasteiger partial charge in [-0.15, -0.1) is 0 Å². The number of furan rings is 1. The second-order valence-corrected chi connectivity index (χ2v) is 12.4. The molecular formula is C45H28N2O2. The fourth-order valence-corrected chi connectivity index (χ4v) is 7.10. The van der Waals surface area contributed by atoms with Gasteiger partial charge in [0.1, 0.15) is 16.7 Å². The Bertz CT molecular complexity index is 2830. The van der Waals surface area contributed by atoms with Crippen molar-refractivity contribution in [2.45, 2.75) is 0 Å². The molecule has 0 saturated heterocycles. The smallest absolute Gasteiger partial charge is 0.228 e. The van der Waals surface area contributed by atoms with E-state index in [1.165, 1.54) is 21.9 Å². The van der Waals surface area contributed by atoms with Crippen molar-refractivity contribution in [3.8, 4) is 22.6 Å². The van der Waals surface area contributed by atoms with Gasteiger partial charge in [0.05, 0.1) is 0 Å². The number of hydrogen-bond acceptors (Lipinski definition) is 4. The molecule has 0 saturated carbocycles. The van der Waals surface area contributed by atoms with Crippen LogP contribution in [0.15, 0.2) is 179 Å². The van der Waals surface area contributed by atoms with Gasteiger partial charge in [0.2, 0.25) is 5.89 Å². The van der Waals surface area contributed by atoms with Crippen LogP contribution in [-0.4, -0.2) is 4.98 Å². The van der Waals surface area contributed by atoms with Crippen LogP contribution in [-0.2, 0) is 0 Å². The summed E-state index contributed by atoms with van der Waals surface area (Å²) in [4.78, 5) is 7.32. The molecule has 10 aromatic rings. The van der Waals surface area contributed by atoms with E-state index < -0.39 is 0 Å². The van der Waals surface area contributed by atoms with Gasteiger partial charge in [-0.05, 0) is 94.0 Å². The molecular weight excluding hydrogens is 601 g/mol. The molecule has 0 bridgehead atoms. The monoisotopic (exact) mass is 628 g/mol. The quantitative estimate of drug-likeness (QED) is 0.190. The van der Waals surface area contributed by atoms with Gasteiger partial charge in [-0.1, -0.05) is 103 Å². The minimum Gasteiger partial charge on any atom is -0.456 e. The number of nitrogens with zero attached hydrogens (tertiary/aromatic N) is 2. The van der Waals surface area contributed by atoms with E-state index in [4.69, 9.17) is 13.8 Å². The van der Waals surface area contributed by atoms with Crippen LogP contribution >= 0.6 is 0 Å². The van der Waals surface area contributed by atoms with Crippen molar-refractivity contribution in [3.05, 3.63) is 170 Å². The van der Waals surface area contributed by atoms with Crippen molar-refractivity contribution in [1.29, 1.82) is 0 Å². The first kappa shape index (κ1) is 27.5. The zero-order valence-corrected chi connectivity index (χ0v) is 26.4. The molecule has 4 heteroatoms. The molecule has 0 N–H and O–H groups in total. The number of hydrogen-bond donors (Lipinski definition) is 0. The lowest BCUT2D eigenvalue weighted by molar-refractivity contribution is 0.620. The molecule has 0 amide bonds. The summed E-state index contributed by atoms with van der Waals surface area (Å²) >= 11 is 0. The van der Waals surface area contributed by atoms with E-state index in [1.54, 1.807) is 0 Å². The van der Waals surface area contributed by atoms with Gasteiger partial charge in [-0.25, -0.2) is 4.98 Å². The van der Waals surface area contributed by atoms with Gasteiger partial charge < -0.3 is 13.7 Å². The summed E-state index contributed by atoms with van der Waals surface area (Å²) in [6, 6.07) is 59.3.